The van der Waals surface area contributed by atoms with Crippen molar-refractivity contribution in [1.82, 2.24) is 10.2 Å². The second kappa shape index (κ2) is 10.3. The summed E-state index contributed by atoms with van der Waals surface area (Å²) in [4.78, 5) is 26.8. The molecule has 0 bridgehead atoms. The number of carbonyl (C=O) groups is 2. The number of nitriles is 1. The quantitative estimate of drug-likeness (QED) is 0.764. The number of ether oxygens (including phenoxy) is 2. The van der Waals surface area contributed by atoms with Crippen LogP contribution in [0, 0.1) is 23.2 Å². The normalized spacial score (nSPS) is 16.0. The second-order valence-electron chi connectivity index (χ2n) is 9.04. The van der Waals surface area contributed by atoms with Gasteiger partial charge in [-0.05, 0) is 57.6 Å². The Labute approximate surface area is 179 Å². The number of benzene rings is 1. The minimum atomic E-state index is -0.643. The van der Waals surface area contributed by atoms with Crippen LogP contribution in [0.2, 0.25) is 0 Å². The molecule has 1 N–H and O–H groups in total. The number of rotatable bonds is 6. The average molecular weight is 416 g/mol. The summed E-state index contributed by atoms with van der Waals surface area (Å²) in [5.41, 5.74) is -0.0986. The van der Waals surface area contributed by atoms with E-state index >= 15 is 0 Å². The van der Waals surface area contributed by atoms with E-state index in [2.05, 4.69) is 11.4 Å². The monoisotopic (exact) mass is 415 g/mol. The Bertz CT molecular complexity index is 771. The van der Waals surface area contributed by atoms with Crippen LogP contribution in [0.3, 0.4) is 0 Å². The summed E-state index contributed by atoms with van der Waals surface area (Å²) in [7, 11) is 0. The highest BCUT2D eigenvalue weighted by Gasteiger charge is 2.32. The van der Waals surface area contributed by atoms with Crippen LogP contribution in [0.25, 0.3) is 0 Å². The number of carbonyl (C=O) groups excluding carboxylic acids is 2. The van der Waals surface area contributed by atoms with E-state index in [-0.39, 0.29) is 11.8 Å². The Balaban J connectivity index is 1.89. The van der Waals surface area contributed by atoms with E-state index in [1.807, 2.05) is 39.5 Å². The fourth-order valence-corrected chi connectivity index (χ4v) is 3.35. The molecule has 1 heterocycles. The molecule has 7 nitrogen and oxygen atoms in total. The Kier molecular flexibility index (Phi) is 8.10. The van der Waals surface area contributed by atoms with E-state index in [1.54, 1.807) is 24.3 Å². The van der Waals surface area contributed by atoms with Gasteiger partial charge in [0.15, 0.2) is 6.10 Å². The summed E-state index contributed by atoms with van der Waals surface area (Å²) < 4.78 is 11.2. The second-order valence-corrected chi connectivity index (χ2v) is 9.04. The average Bonchev–Trinajstić information content (AvgIpc) is 2.69. The van der Waals surface area contributed by atoms with Gasteiger partial charge in [0.1, 0.15) is 17.4 Å². The molecule has 0 aliphatic carbocycles. The van der Waals surface area contributed by atoms with Crippen molar-refractivity contribution < 1.29 is 19.1 Å². The maximum absolute atomic E-state index is 13.1. The molecule has 30 heavy (non-hydrogen) atoms. The topological polar surface area (TPSA) is 91.7 Å². The number of alkyl carbamates (subject to hydrolysis) is 1. The molecule has 0 saturated carbocycles. The highest BCUT2D eigenvalue weighted by Crippen LogP contribution is 2.24. The zero-order valence-corrected chi connectivity index (χ0v) is 18.6. The number of hydrogen-bond donors (Lipinski definition) is 1. The summed E-state index contributed by atoms with van der Waals surface area (Å²) in [6.07, 6.45) is 0.559. The number of nitrogens with zero attached hydrogens (tertiary/aromatic N) is 2. The van der Waals surface area contributed by atoms with E-state index in [0.29, 0.717) is 36.9 Å². The minimum absolute atomic E-state index is 0.0317. The molecule has 1 aliphatic rings. The molecule has 0 aromatic heterocycles. The number of nitrogens with one attached hydrogen (secondary N) is 1. The van der Waals surface area contributed by atoms with Gasteiger partial charge in [-0.25, -0.2) is 4.79 Å². The van der Waals surface area contributed by atoms with E-state index in [4.69, 9.17) is 9.47 Å². The van der Waals surface area contributed by atoms with Crippen LogP contribution in [0.1, 0.15) is 53.0 Å². The van der Waals surface area contributed by atoms with Gasteiger partial charge in [0.2, 0.25) is 0 Å². The third-order valence-corrected chi connectivity index (χ3v) is 4.97. The molecule has 1 fully saturated rings. The minimum Gasteiger partial charge on any atom is -0.479 e. The van der Waals surface area contributed by atoms with Gasteiger partial charge in [-0.3, -0.25) is 4.79 Å². The fourth-order valence-electron chi connectivity index (χ4n) is 3.35. The lowest BCUT2D eigenvalue weighted by molar-refractivity contribution is -0.142. The van der Waals surface area contributed by atoms with Gasteiger partial charge in [-0.15, -0.1) is 0 Å². The smallest absolute Gasteiger partial charge is 0.407 e. The van der Waals surface area contributed by atoms with Crippen molar-refractivity contribution in [3.8, 4) is 11.8 Å². The number of para-hydroxylation sites is 1. The van der Waals surface area contributed by atoms with E-state index in [9.17, 15) is 14.9 Å². The Morgan fingerprint density at radius 3 is 2.43 bits per heavy atom. The van der Waals surface area contributed by atoms with Crippen molar-refractivity contribution >= 4 is 12.0 Å². The molecule has 2 amide bonds. The number of likely N-dealkylation sites (tertiary alicyclic amines) is 1. The van der Waals surface area contributed by atoms with Crippen LogP contribution in [0.4, 0.5) is 4.79 Å². The lowest BCUT2D eigenvalue weighted by atomic mass is 9.95. The van der Waals surface area contributed by atoms with Gasteiger partial charge < -0.3 is 19.7 Å². The molecule has 1 aromatic carbocycles. The molecular formula is C23H33N3O4. The predicted octanol–water partition coefficient (Wildman–Crippen LogP) is 3.72. The molecule has 1 aromatic rings. The number of amides is 2. The summed E-state index contributed by atoms with van der Waals surface area (Å²) in [6, 6.07) is 9.07. The summed E-state index contributed by atoms with van der Waals surface area (Å²) in [5, 5.41) is 12.1. The van der Waals surface area contributed by atoms with Crippen LogP contribution < -0.4 is 10.1 Å². The van der Waals surface area contributed by atoms with Crippen molar-refractivity contribution in [1.29, 1.82) is 5.26 Å². The van der Waals surface area contributed by atoms with Gasteiger partial charge in [-0.1, -0.05) is 26.0 Å². The van der Waals surface area contributed by atoms with Gasteiger partial charge >= 0.3 is 6.09 Å². The molecule has 0 radical (unpaired) electrons. The first-order chi connectivity index (χ1) is 14.1. The molecule has 0 spiro atoms. The van der Waals surface area contributed by atoms with Gasteiger partial charge in [0, 0.05) is 19.6 Å². The Morgan fingerprint density at radius 2 is 1.87 bits per heavy atom. The lowest BCUT2D eigenvalue weighted by Crippen LogP contribution is -2.49. The summed E-state index contributed by atoms with van der Waals surface area (Å²) in [5.74, 6) is 0.648. The zero-order chi connectivity index (χ0) is 22.3. The van der Waals surface area contributed by atoms with E-state index in [0.717, 1.165) is 12.8 Å². The molecule has 164 valence electrons. The molecular weight excluding hydrogens is 382 g/mol. The van der Waals surface area contributed by atoms with Crippen molar-refractivity contribution in [2.24, 2.45) is 11.8 Å². The SMILES string of the molecule is CC(C)C(Oc1ccccc1C#N)C(=O)N1CCC(CNC(=O)OC(C)(C)C)CC1. The van der Waals surface area contributed by atoms with Crippen LogP contribution in [-0.2, 0) is 9.53 Å². The van der Waals surface area contributed by atoms with Gasteiger partial charge in [-0.2, -0.15) is 5.26 Å². The first-order valence-corrected chi connectivity index (χ1v) is 10.5. The van der Waals surface area contributed by atoms with E-state index in [1.165, 1.54) is 0 Å². The van der Waals surface area contributed by atoms with Crippen LogP contribution in [0.15, 0.2) is 24.3 Å². The lowest BCUT2D eigenvalue weighted by Gasteiger charge is -2.35. The Morgan fingerprint density at radius 1 is 1.23 bits per heavy atom. The molecule has 1 atom stereocenters. The van der Waals surface area contributed by atoms with Crippen LogP contribution in [-0.4, -0.2) is 48.2 Å². The highest BCUT2D eigenvalue weighted by atomic mass is 16.6. The maximum atomic E-state index is 13.1. The zero-order valence-electron chi connectivity index (χ0n) is 18.6. The number of piperidine rings is 1. The van der Waals surface area contributed by atoms with E-state index < -0.39 is 17.8 Å². The fraction of sp³-hybridized carbons (Fsp3) is 0.609. The third kappa shape index (κ3) is 6.94. The highest BCUT2D eigenvalue weighted by molar-refractivity contribution is 5.81. The Hall–Kier alpha value is -2.75. The predicted molar refractivity (Wildman–Crippen MR) is 114 cm³/mol. The summed E-state index contributed by atoms with van der Waals surface area (Å²) >= 11 is 0. The molecule has 1 saturated heterocycles. The molecule has 2 rings (SSSR count). The maximum Gasteiger partial charge on any atom is 0.407 e. The van der Waals surface area contributed by atoms with Crippen molar-refractivity contribution in [3.63, 3.8) is 0 Å². The third-order valence-electron chi connectivity index (χ3n) is 4.97. The molecule has 7 heteroatoms. The number of hydrogen-bond acceptors (Lipinski definition) is 5. The van der Waals surface area contributed by atoms with Crippen molar-refractivity contribution in [3.05, 3.63) is 29.8 Å². The van der Waals surface area contributed by atoms with Gasteiger partial charge in [0.25, 0.3) is 5.91 Å². The van der Waals surface area contributed by atoms with Crippen LogP contribution in [0.5, 0.6) is 5.75 Å². The standard InChI is InChI=1S/C23H33N3O4/c1-16(2)20(29-19-9-7-6-8-18(19)14-24)21(27)26-12-10-17(11-13-26)15-25-22(28)30-23(3,4)5/h6-9,16-17,20H,10-13,15H2,1-5H3,(H,25,28). The van der Waals surface area contributed by atoms with Crippen LogP contribution >= 0.6 is 0 Å². The largest absolute Gasteiger partial charge is 0.479 e. The first-order valence-electron chi connectivity index (χ1n) is 10.5. The molecule has 1 unspecified atom stereocenters. The first kappa shape index (κ1) is 23.5. The molecule has 1 aliphatic heterocycles. The van der Waals surface area contributed by atoms with Crippen molar-refractivity contribution in [2.75, 3.05) is 19.6 Å². The van der Waals surface area contributed by atoms with Crippen molar-refractivity contribution in [2.45, 2.75) is 59.2 Å². The van der Waals surface area contributed by atoms with Gasteiger partial charge in [0.05, 0.1) is 5.56 Å². The summed E-state index contributed by atoms with van der Waals surface area (Å²) in [6.45, 7) is 11.1.